The highest BCUT2D eigenvalue weighted by Crippen LogP contribution is 2.15. The molecule has 0 aliphatic carbocycles. The normalized spacial score (nSPS) is 17.3. The molecule has 1 unspecified atom stereocenters. The number of nitrogens with two attached hydrogens (primary N) is 1. The average Bonchev–Trinajstić information content (AvgIpc) is 2.53. The van der Waals surface area contributed by atoms with Gasteiger partial charge in [0, 0.05) is 18.2 Å². The second-order valence-electron chi connectivity index (χ2n) is 5.83. The van der Waals surface area contributed by atoms with Gasteiger partial charge in [-0.15, -0.1) is 0 Å². The van der Waals surface area contributed by atoms with Crippen molar-refractivity contribution in [1.29, 1.82) is 0 Å². The molecule has 1 aromatic rings. The van der Waals surface area contributed by atoms with Crippen molar-refractivity contribution in [1.82, 2.24) is 10.2 Å². The van der Waals surface area contributed by atoms with Crippen LogP contribution in [0.1, 0.15) is 42.1 Å². The average molecular weight is 290 g/mol. The molecule has 1 atom stereocenters. The highest BCUT2D eigenvalue weighted by Gasteiger charge is 2.17. The summed E-state index contributed by atoms with van der Waals surface area (Å²) in [6.45, 7) is 7.09. The minimum absolute atomic E-state index is 0.0227. The summed E-state index contributed by atoms with van der Waals surface area (Å²) in [7, 11) is 0. The Morgan fingerprint density at radius 1 is 1.33 bits per heavy atom. The molecule has 21 heavy (non-hydrogen) atoms. The van der Waals surface area contributed by atoms with Gasteiger partial charge in [0.2, 0.25) is 0 Å². The monoisotopic (exact) mass is 290 g/mol. The summed E-state index contributed by atoms with van der Waals surface area (Å²) in [5.41, 5.74) is 5.10. The molecule has 0 aromatic heterocycles. The Morgan fingerprint density at radius 3 is 2.67 bits per heavy atom. The summed E-state index contributed by atoms with van der Waals surface area (Å²) in [4.78, 5) is 14.7. The van der Waals surface area contributed by atoms with Crippen LogP contribution < -0.4 is 16.6 Å². The van der Waals surface area contributed by atoms with Crippen molar-refractivity contribution >= 4 is 11.6 Å². The highest BCUT2D eigenvalue weighted by atomic mass is 16.1. The van der Waals surface area contributed by atoms with Crippen molar-refractivity contribution in [3.05, 3.63) is 29.3 Å². The number of nitrogens with zero attached hydrogens (tertiary/aromatic N) is 1. The van der Waals surface area contributed by atoms with Gasteiger partial charge in [0.1, 0.15) is 0 Å². The van der Waals surface area contributed by atoms with Crippen molar-refractivity contribution in [3.63, 3.8) is 0 Å². The molecule has 1 fully saturated rings. The van der Waals surface area contributed by atoms with Crippen LogP contribution in [0.3, 0.4) is 0 Å². The van der Waals surface area contributed by atoms with Crippen molar-refractivity contribution in [3.8, 4) is 0 Å². The lowest BCUT2D eigenvalue weighted by atomic mass is 10.1. The van der Waals surface area contributed by atoms with Crippen LogP contribution in [0.25, 0.3) is 0 Å². The van der Waals surface area contributed by atoms with E-state index in [4.69, 9.17) is 5.84 Å². The first-order chi connectivity index (χ1) is 10.1. The number of piperidine rings is 1. The van der Waals surface area contributed by atoms with E-state index in [0.29, 0.717) is 18.2 Å². The third-order valence-electron chi connectivity index (χ3n) is 4.22. The number of carbonyl (C=O) groups excluding carboxylic acids is 1. The molecule has 1 heterocycles. The van der Waals surface area contributed by atoms with Crippen LogP contribution in [0, 0.1) is 6.92 Å². The summed E-state index contributed by atoms with van der Waals surface area (Å²) >= 11 is 0. The fourth-order valence-corrected chi connectivity index (χ4v) is 2.80. The fourth-order valence-electron chi connectivity index (χ4n) is 2.80. The zero-order valence-electron chi connectivity index (χ0n) is 13.0. The van der Waals surface area contributed by atoms with E-state index in [9.17, 15) is 4.79 Å². The number of hydrazine groups is 1. The molecule has 0 spiro atoms. The van der Waals surface area contributed by atoms with Gasteiger partial charge in [0.15, 0.2) is 0 Å². The SMILES string of the molecule is Cc1cc(C(=O)NCC(C)N2CCCCC2)ccc1NN. The van der Waals surface area contributed by atoms with Crippen LogP contribution in [0.2, 0.25) is 0 Å². The third kappa shape index (κ3) is 4.19. The summed E-state index contributed by atoms with van der Waals surface area (Å²) in [5, 5.41) is 3.03. The number of hydrogen-bond acceptors (Lipinski definition) is 4. The van der Waals surface area contributed by atoms with E-state index in [1.807, 2.05) is 19.1 Å². The molecule has 1 aromatic carbocycles. The lowest BCUT2D eigenvalue weighted by molar-refractivity contribution is 0.0930. The van der Waals surface area contributed by atoms with Gasteiger partial charge in [0.25, 0.3) is 5.91 Å². The number of likely N-dealkylation sites (tertiary alicyclic amines) is 1. The van der Waals surface area contributed by atoms with E-state index < -0.39 is 0 Å². The molecule has 0 saturated carbocycles. The quantitative estimate of drug-likeness (QED) is 0.572. The molecule has 5 heteroatoms. The number of benzene rings is 1. The summed E-state index contributed by atoms with van der Waals surface area (Å²) in [5.74, 6) is 5.38. The number of hydrogen-bond donors (Lipinski definition) is 3. The minimum Gasteiger partial charge on any atom is -0.350 e. The molecule has 116 valence electrons. The van der Waals surface area contributed by atoms with Gasteiger partial charge in [0.05, 0.1) is 5.69 Å². The van der Waals surface area contributed by atoms with Crippen molar-refractivity contribution in [2.24, 2.45) is 5.84 Å². The third-order valence-corrected chi connectivity index (χ3v) is 4.22. The molecule has 0 radical (unpaired) electrons. The van der Waals surface area contributed by atoms with Gasteiger partial charge < -0.3 is 10.7 Å². The predicted molar refractivity (Wildman–Crippen MR) is 86.2 cm³/mol. The maximum absolute atomic E-state index is 12.2. The molecule has 0 bridgehead atoms. The Kier molecular flexibility index (Phi) is 5.59. The van der Waals surface area contributed by atoms with E-state index in [1.54, 1.807) is 6.07 Å². The van der Waals surface area contributed by atoms with E-state index in [2.05, 4.69) is 22.6 Å². The smallest absolute Gasteiger partial charge is 0.251 e. The number of nitrogens with one attached hydrogen (secondary N) is 2. The fraction of sp³-hybridized carbons (Fsp3) is 0.562. The second kappa shape index (κ2) is 7.43. The maximum atomic E-state index is 12.2. The van der Waals surface area contributed by atoms with Crippen LogP contribution >= 0.6 is 0 Å². The van der Waals surface area contributed by atoms with E-state index in [-0.39, 0.29) is 5.91 Å². The largest absolute Gasteiger partial charge is 0.350 e. The van der Waals surface area contributed by atoms with Gasteiger partial charge >= 0.3 is 0 Å². The number of nitrogen functional groups attached to an aromatic ring is 1. The topological polar surface area (TPSA) is 70.4 Å². The van der Waals surface area contributed by atoms with E-state index in [1.165, 1.54) is 19.3 Å². The van der Waals surface area contributed by atoms with Crippen molar-refractivity contribution in [2.45, 2.75) is 39.2 Å². The summed E-state index contributed by atoms with van der Waals surface area (Å²) in [6, 6.07) is 5.87. The molecule has 1 aliphatic rings. The first kappa shape index (κ1) is 15.8. The Morgan fingerprint density at radius 2 is 2.05 bits per heavy atom. The lowest BCUT2D eigenvalue weighted by Crippen LogP contribution is -2.44. The first-order valence-electron chi connectivity index (χ1n) is 7.71. The van der Waals surface area contributed by atoms with Gasteiger partial charge in [-0.3, -0.25) is 15.5 Å². The van der Waals surface area contributed by atoms with Crippen molar-refractivity contribution in [2.75, 3.05) is 25.1 Å². The number of carbonyl (C=O) groups is 1. The van der Waals surface area contributed by atoms with Gasteiger partial charge in [-0.05, 0) is 63.5 Å². The van der Waals surface area contributed by atoms with Crippen LogP contribution in [0.5, 0.6) is 0 Å². The Balaban J connectivity index is 1.87. The number of rotatable bonds is 5. The molecular weight excluding hydrogens is 264 g/mol. The number of anilines is 1. The lowest BCUT2D eigenvalue weighted by Gasteiger charge is -2.32. The number of aryl methyl sites for hydroxylation is 1. The van der Waals surface area contributed by atoms with Crippen molar-refractivity contribution < 1.29 is 4.79 Å². The van der Waals surface area contributed by atoms with Gasteiger partial charge in [-0.2, -0.15) is 0 Å². The Labute approximate surface area is 126 Å². The molecular formula is C16H26N4O. The molecule has 1 amide bonds. The Hall–Kier alpha value is -1.59. The van der Waals surface area contributed by atoms with Crippen LogP contribution in [-0.2, 0) is 0 Å². The summed E-state index contributed by atoms with van der Waals surface area (Å²) in [6.07, 6.45) is 3.87. The predicted octanol–water partition coefficient (Wildman–Crippen LogP) is 1.88. The zero-order valence-corrected chi connectivity index (χ0v) is 13.0. The first-order valence-corrected chi connectivity index (χ1v) is 7.71. The van der Waals surface area contributed by atoms with Crippen LogP contribution in [-0.4, -0.2) is 36.5 Å². The van der Waals surface area contributed by atoms with Crippen LogP contribution in [0.4, 0.5) is 5.69 Å². The highest BCUT2D eigenvalue weighted by molar-refractivity contribution is 5.94. The number of amides is 1. The minimum atomic E-state index is -0.0227. The molecule has 2 rings (SSSR count). The van der Waals surface area contributed by atoms with Gasteiger partial charge in [-0.25, -0.2) is 0 Å². The zero-order chi connectivity index (χ0) is 15.2. The van der Waals surface area contributed by atoms with E-state index >= 15 is 0 Å². The molecule has 4 N–H and O–H groups in total. The molecule has 5 nitrogen and oxygen atoms in total. The van der Waals surface area contributed by atoms with Gasteiger partial charge in [-0.1, -0.05) is 6.42 Å². The van der Waals surface area contributed by atoms with E-state index in [0.717, 1.165) is 24.3 Å². The maximum Gasteiger partial charge on any atom is 0.251 e. The second-order valence-corrected chi connectivity index (χ2v) is 5.83. The summed E-state index contributed by atoms with van der Waals surface area (Å²) < 4.78 is 0. The van der Waals surface area contributed by atoms with Crippen LogP contribution in [0.15, 0.2) is 18.2 Å². The molecule has 1 aliphatic heterocycles. The molecule has 1 saturated heterocycles. The Bertz CT molecular complexity index is 483. The standard InChI is InChI=1S/C16H26N4O/c1-12-10-14(6-7-15(12)19-17)16(21)18-11-13(2)20-8-4-3-5-9-20/h6-7,10,13,19H,3-5,8-9,11,17H2,1-2H3,(H,18,21).